The summed E-state index contributed by atoms with van der Waals surface area (Å²) in [7, 11) is 3.04. The molecule has 0 spiro atoms. The minimum Gasteiger partial charge on any atom is -0.497 e. The lowest BCUT2D eigenvalue weighted by atomic mass is 10.2. The zero-order valence-electron chi connectivity index (χ0n) is 18.0. The van der Waals surface area contributed by atoms with Crippen molar-refractivity contribution in [3.63, 3.8) is 0 Å². The van der Waals surface area contributed by atoms with Gasteiger partial charge in [-0.15, -0.1) is 10.2 Å². The molecule has 0 bridgehead atoms. The Morgan fingerprint density at radius 3 is 2.61 bits per heavy atom. The maximum Gasteiger partial charge on any atom is 0.322 e. The summed E-state index contributed by atoms with van der Waals surface area (Å²) in [5.41, 5.74) is 1.17. The molecule has 1 saturated heterocycles. The van der Waals surface area contributed by atoms with E-state index in [1.54, 1.807) is 37.4 Å². The van der Waals surface area contributed by atoms with Crippen LogP contribution in [0.25, 0.3) is 10.6 Å². The fraction of sp³-hybridized carbons (Fsp3) is 0.273. The van der Waals surface area contributed by atoms with Crippen molar-refractivity contribution in [2.45, 2.75) is 18.9 Å². The first kappa shape index (κ1) is 22.5. The molecule has 33 heavy (non-hydrogen) atoms. The van der Waals surface area contributed by atoms with Gasteiger partial charge in [-0.1, -0.05) is 11.3 Å². The van der Waals surface area contributed by atoms with Gasteiger partial charge in [0.05, 0.1) is 19.9 Å². The number of rotatable bonds is 6. The molecule has 3 aromatic rings. The Kier molecular flexibility index (Phi) is 6.68. The number of nitrogens with one attached hydrogen (secondary N) is 2. The number of hydrogen-bond donors (Lipinski definition) is 2. The number of ether oxygens (including phenoxy) is 2. The molecular weight excluding hydrogens is 449 g/mol. The van der Waals surface area contributed by atoms with Gasteiger partial charge in [-0.2, -0.15) is 0 Å². The van der Waals surface area contributed by atoms with Crippen molar-refractivity contribution in [3.05, 3.63) is 48.3 Å². The average molecular weight is 472 g/mol. The molecule has 2 heterocycles. The molecule has 2 aromatic carbocycles. The molecule has 0 aliphatic carbocycles. The lowest BCUT2D eigenvalue weighted by molar-refractivity contribution is -0.119. The van der Waals surface area contributed by atoms with Crippen LogP contribution in [0.4, 0.5) is 20.0 Å². The summed E-state index contributed by atoms with van der Waals surface area (Å²) >= 11 is 1.18. The number of aromatic nitrogens is 2. The van der Waals surface area contributed by atoms with Crippen LogP contribution in [0.2, 0.25) is 0 Å². The number of likely N-dealkylation sites (tertiary alicyclic amines) is 1. The maximum atomic E-state index is 13.1. The van der Waals surface area contributed by atoms with E-state index >= 15 is 0 Å². The van der Waals surface area contributed by atoms with E-state index in [-0.39, 0.29) is 11.7 Å². The summed E-state index contributed by atoms with van der Waals surface area (Å²) < 4.78 is 23.6. The number of carbonyl (C=O) groups is 2. The molecule has 4 rings (SSSR count). The first-order valence-corrected chi connectivity index (χ1v) is 11.0. The Morgan fingerprint density at radius 1 is 1.09 bits per heavy atom. The van der Waals surface area contributed by atoms with Gasteiger partial charge in [0, 0.05) is 18.2 Å². The van der Waals surface area contributed by atoms with Crippen LogP contribution in [0.5, 0.6) is 11.5 Å². The number of amides is 3. The van der Waals surface area contributed by atoms with Crippen LogP contribution in [0.15, 0.2) is 42.5 Å². The number of urea groups is 1. The third kappa shape index (κ3) is 5.03. The Labute approximate surface area is 193 Å². The minimum absolute atomic E-state index is 0.309. The number of methoxy groups -OCH3 is 2. The van der Waals surface area contributed by atoms with Crippen molar-refractivity contribution < 1.29 is 23.5 Å². The molecule has 11 heteroatoms. The van der Waals surface area contributed by atoms with E-state index in [0.717, 1.165) is 0 Å². The summed E-state index contributed by atoms with van der Waals surface area (Å²) in [6.07, 6.45) is 1.23. The Hall–Kier alpha value is -3.73. The van der Waals surface area contributed by atoms with Crippen molar-refractivity contribution in [3.8, 4) is 22.1 Å². The first-order valence-electron chi connectivity index (χ1n) is 10.2. The number of carbonyl (C=O) groups excluding carboxylic acids is 2. The largest absolute Gasteiger partial charge is 0.497 e. The van der Waals surface area contributed by atoms with Crippen LogP contribution in [0, 0.1) is 5.82 Å². The quantitative estimate of drug-likeness (QED) is 0.563. The molecule has 1 aliphatic rings. The van der Waals surface area contributed by atoms with Crippen LogP contribution < -0.4 is 20.1 Å². The Bertz CT molecular complexity index is 1150. The zero-order valence-corrected chi connectivity index (χ0v) is 18.8. The monoisotopic (exact) mass is 471 g/mol. The van der Waals surface area contributed by atoms with E-state index in [1.165, 1.54) is 35.5 Å². The molecule has 1 aromatic heterocycles. The molecule has 1 fully saturated rings. The third-order valence-corrected chi connectivity index (χ3v) is 6.10. The van der Waals surface area contributed by atoms with Gasteiger partial charge in [-0.05, 0) is 49.2 Å². The molecule has 0 saturated carbocycles. The number of anilines is 2. The summed E-state index contributed by atoms with van der Waals surface area (Å²) in [6, 6.07) is 9.87. The van der Waals surface area contributed by atoms with Gasteiger partial charge in [0.25, 0.3) is 0 Å². The van der Waals surface area contributed by atoms with Crippen LogP contribution >= 0.6 is 11.3 Å². The number of benzene rings is 2. The third-order valence-electron chi connectivity index (χ3n) is 5.21. The molecule has 2 N–H and O–H groups in total. The van der Waals surface area contributed by atoms with Gasteiger partial charge < -0.3 is 19.7 Å². The van der Waals surface area contributed by atoms with Crippen molar-refractivity contribution >= 4 is 34.1 Å². The first-order chi connectivity index (χ1) is 16.0. The van der Waals surface area contributed by atoms with E-state index in [0.29, 0.717) is 52.3 Å². The number of nitrogens with zero attached hydrogens (tertiary/aromatic N) is 3. The molecule has 9 nitrogen and oxygen atoms in total. The normalized spacial score (nSPS) is 15.2. The SMILES string of the molecule is COc1ccc(NC(=O)N2CCCC2C(=O)Nc2nnc(-c3ccc(F)cc3)s2)c(OC)c1. The zero-order chi connectivity index (χ0) is 23.4. The predicted octanol–water partition coefficient (Wildman–Crippen LogP) is 4.00. The molecule has 172 valence electrons. The fourth-order valence-electron chi connectivity index (χ4n) is 3.54. The van der Waals surface area contributed by atoms with Gasteiger partial charge >= 0.3 is 6.03 Å². The van der Waals surface area contributed by atoms with Crippen LogP contribution in [-0.2, 0) is 4.79 Å². The standard InChI is InChI=1S/C22H22FN5O4S/c1-31-15-9-10-16(18(12-15)32-2)24-22(30)28-11-3-4-17(28)19(29)25-21-27-26-20(33-21)13-5-7-14(23)8-6-13/h5-10,12,17H,3-4,11H2,1-2H3,(H,24,30)(H,25,27,29). The van der Waals surface area contributed by atoms with E-state index in [2.05, 4.69) is 20.8 Å². The highest BCUT2D eigenvalue weighted by Gasteiger charge is 2.35. The van der Waals surface area contributed by atoms with Gasteiger partial charge in [0.2, 0.25) is 11.0 Å². The summed E-state index contributed by atoms with van der Waals surface area (Å²) in [4.78, 5) is 27.3. The lowest BCUT2D eigenvalue weighted by Crippen LogP contribution is -2.45. The molecule has 1 atom stereocenters. The minimum atomic E-state index is -0.646. The lowest BCUT2D eigenvalue weighted by Gasteiger charge is -2.24. The van der Waals surface area contributed by atoms with Crippen LogP contribution in [0.1, 0.15) is 12.8 Å². The highest BCUT2D eigenvalue weighted by molar-refractivity contribution is 7.18. The average Bonchev–Trinajstić information content (AvgIpc) is 3.50. The van der Waals surface area contributed by atoms with Crippen molar-refractivity contribution in [2.24, 2.45) is 0 Å². The molecule has 3 amide bonds. The van der Waals surface area contributed by atoms with Crippen molar-refractivity contribution in [1.29, 1.82) is 0 Å². The van der Waals surface area contributed by atoms with Crippen molar-refractivity contribution in [2.75, 3.05) is 31.4 Å². The maximum absolute atomic E-state index is 13.1. The van der Waals surface area contributed by atoms with Gasteiger partial charge in [0.1, 0.15) is 28.4 Å². The van der Waals surface area contributed by atoms with Crippen LogP contribution in [0.3, 0.4) is 0 Å². The smallest absolute Gasteiger partial charge is 0.322 e. The highest BCUT2D eigenvalue weighted by Crippen LogP contribution is 2.31. The van der Waals surface area contributed by atoms with Gasteiger partial charge in [0.15, 0.2) is 0 Å². The summed E-state index contributed by atoms with van der Waals surface area (Å²) in [5, 5.41) is 14.5. The summed E-state index contributed by atoms with van der Waals surface area (Å²) in [6.45, 7) is 0.444. The second kappa shape index (κ2) is 9.82. The second-order valence-electron chi connectivity index (χ2n) is 7.26. The van der Waals surface area contributed by atoms with Crippen molar-refractivity contribution in [1.82, 2.24) is 15.1 Å². The van der Waals surface area contributed by atoms with Gasteiger partial charge in [-0.3, -0.25) is 10.1 Å². The second-order valence-corrected chi connectivity index (χ2v) is 8.23. The van der Waals surface area contributed by atoms with Crippen LogP contribution in [-0.4, -0.2) is 53.8 Å². The highest BCUT2D eigenvalue weighted by atomic mass is 32.1. The van der Waals surface area contributed by atoms with E-state index in [4.69, 9.17) is 9.47 Å². The van der Waals surface area contributed by atoms with E-state index < -0.39 is 12.1 Å². The topological polar surface area (TPSA) is 106 Å². The Balaban J connectivity index is 1.42. The van der Waals surface area contributed by atoms with Gasteiger partial charge in [-0.25, -0.2) is 9.18 Å². The molecule has 1 unspecified atom stereocenters. The Morgan fingerprint density at radius 2 is 1.88 bits per heavy atom. The molecule has 0 radical (unpaired) electrons. The molecular formula is C22H22FN5O4S. The van der Waals surface area contributed by atoms with E-state index in [9.17, 15) is 14.0 Å². The number of halogens is 1. The van der Waals surface area contributed by atoms with E-state index in [1.807, 2.05) is 0 Å². The fourth-order valence-corrected chi connectivity index (χ4v) is 4.29. The number of hydrogen-bond acceptors (Lipinski definition) is 7. The predicted molar refractivity (Wildman–Crippen MR) is 122 cm³/mol. The molecule has 1 aliphatic heterocycles. The summed E-state index contributed by atoms with van der Waals surface area (Å²) in [5.74, 6) is 0.361.